The molecular weight excluding hydrogens is 414 g/mol. The number of nitro benzene ring substituents is 1. The first-order valence-corrected chi connectivity index (χ1v) is 10.6. The van der Waals surface area contributed by atoms with E-state index in [-0.39, 0.29) is 23.6 Å². The van der Waals surface area contributed by atoms with E-state index in [2.05, 4.69) is 20.1 Å². The van der Waals surface area contributed by atoms with E-state index in [9.17, 15) is 19.7 Å². The minimum atomic E-state index is -0.476. The van der Waals surface area contributed by atoms with Crippen LogP contribution in [-0.2, 0) is 9.53 Å². The predicted molar refractivity (Wildman–Crippen MR) is 120 cm³/mol. The summed E-state index contributed by atoms with van der Waals surface area (Å²) in [7, 11) is 0. The highest BCUT2D eigenvalue weighted by Gasteiger charge is 2.25. The molecule has 1 aliphatic rings. The van der Waals surface area contributed by atoms with Crippen molar-refractivity contribution < 1.29 is 19.2 Å². The second-order valence-electron chi connectivity index (χ2n) is 7.47. The number of esters is 1. The molecule has 2 heterocycles. The Kier molecular flexibility index (Phi) is 7.72. The van der Waals surface area contributed by atoms with Gasteiger partial charge in [-0.25, -0.2) is 9.78 Å². The summed E-state index contributed by atoms with van der Waals surface area (Å²) in [6.07, 6.45) is 2.38. The van der Waals surface area contributed by atoms with Crippen LogP contribution in [0.2, 0.25) is 0 Å². The lowest BCUT2D eigenvalue weighted by Gasteiger charge is -2.27. The molecule has 1 N–H and O–H groups in total. The van der Waals surface area contributed by atoms with E-state index in [4.69, 9.17) is 4.74 Å². The second-order valence-corrected chi connectivity index (χ2v) is 7.47. The van der Waals surface area contributed by atoms with Gasteiger partial charge in [0.1, 0.15) is 5.82 Å². The molecule has 1 atom stereocenters. The fourth-order valence-corrected chi connectivity index (χ4v) is 3.54. The molecule has 0 radical (unpaired) electrons. The molecule has 0 aliphatic carbocycles. The van der Waals surface area contributed by atoms with Crippen LogP contribution in [0.3, 0.4) is 0 Å². The first-order valence-electron chi connectivity index (χ1n) is 10.6. The van der Waals surface area contributed by atoms with Gasteiger partial charge in [0.25, 0.3) is 5.69 Å². The number of hydrogen-bond donors (Lipinski definition) is 1. The van der Waals surface area contributed by atoms with Crippen molar-refractivity contribution >= 4 is 29.1 Å². The average molecular weight is 441 g/mol. The van der Waals surface area contributed by atoms with Gasteiger partial charge in [0, 0.05) is 50.2 Å². The van der Waals surface area contributed by atoms with Crippen LogP contribution in [0, 0.1) is 10.1 Å². The zero-order valence-corrected chi connectivity index (χ0v) is 18.2. The monoisotopic (exact) mass is 441 g/mol. The molecule has 170 valence electrons. The minimum absolute atomic E-state index is 0.0208. The molecule has 1 aliphatic heterocycles. The number of hydrogen-bond acceptors (Lipinski definition) is 8. The normalized spacial score (nSPS) is 15.5. The molecule has 10 nitrogen and oxygen atoms in total. The lowest BCUT2D eigenvalue weighted by molar-refractivity contribution is -0.384. The molecule has 1 aromatic heterocycles. The zero-order chi connectivity index (χ0) is 23.1. The maximum atomic E-state index is 12.7. The topological polar surface area (TPSA) is 118 Å². The first kappa shape index (κ1) is 23.1. The van der Waals surface area contributed by atoms with Crippen LogP contribution in [0.25, 0.3) is 0 Å². The van der Waals surface area contributed by atoms with Gasteiger partial charge in [-0.3, -0.25) is 19.8 Å². The molecule has 1 saturated heterocycles. The highest BCUT2D eigenvalue weighted by atomic mass is 16.6. The Balaban J connectivity index is 1.56. The van der Waals surface area contributed by atoms with E-state index < -0.39 is 4.92 Å². The van der Waals surface area contributed by atoms with Gasteiger partial charge in [-0.05, 0) is 44.5 Å². The molecule has 1 amide bonds. The van der Waals surface area contributed by atoms with Crippen LogP contribution >= 0.6 is 0 Å². The van der Waals surface area contributed by atoms with E-state index >= 15 is 0 Å². The Morgan fingerprint density at radius 3 is 2.53 bits per heavy atom. The van der Waals surface area contributed by atoms with Gasteiger partial charge in [0.2, 0.25) is 5.91 Å². The van der Waals surface area contributed by atoms with Crippen LogP contribution in [0.1, 0.15) is 30.6 Å². The molecule has 10 heteroatoms. The molecule has 1 unspecified atom stereocenters. The maximum Gasteiger partial charge on any atom is 0.339 e. The van der Waals surface area contributed by atoms with Crippen molar-refractivity contribution in [3.63, 3.8) is 0 Å². The first-order chi connectivity index (χ1) is 15.4. The van der Waals surface area contributed by atoms with Crippen molar-refractivity contribution in [2.24, 2.45) is 0 Å². The van der Waals surface area contributed by atoms with E-state index in [1.807, 2.05) is 13.0 Å². The van der Waals surface area contributed by atoms with Gasteiger partial charge in [0.05, 0.1) is 23.1 Å². The maximum absolute atomic E-state index is 12.7. The van der Waals surface area contributed by atoms with Crippen molar-refractivity contribution in [3.05, 3.63) is 58.3 Å². The van der Waals surface area contributed by atoms with E-state index in [1.165, 1.54) is 30.5 Å². The third-order valence-corrected chi connectivity index (χ3v) is 5.39. The number of non-ortho nitro benzene ring substituents is 1. The molecule has 3 rings (SSSR count). The fourth-order valence-electron chi connectivity index (χ4n) is 3.54. The number of aromatic nitrogens is 1. The SMILES string of the molecule is CCOC(=O)c1ccc(N2CCCN(C(C)C(=O)Nc3ccc([N+](=O)[O-])cc3)CC2)nc1. The van der Waals surface area contributed by atoms with Crippen LogP contribution in [0.4, 0.5) is 17.2 Å². The largest absolute Gasteiger partial charge is 0.462 e. The zero-order valence-electron chi connectivity index (χ0n) is 18.2. The molecular formula is C22H27N5O5. The number of anilines is 2. The Morgan fingerprint density at radius 1 is 1.16 bits per heavy atom. The predicted octanol–water partition coefficient (Wildman–Crippen LogP) is 2.71. The number of rotatable bonds is 7. The van der Waals surface area contributed by atoms with Gasteiger partial charge >= 0.3 is 5.97 Å². The molecule has 1 aromatic carbocycles. The number of benzene rings is 1. The number of nitro groups is 1. The van der Waals surface area contributed by atoms with Crippen LogP contribution in [-0.4, -0.2) is 65.5 Å². The van der Waals surface area contributed by atoms with Gasteiger partial charge < -0.3 is 15.0 Å². The summed E-state index contributed by atoms with van der Waals surface area (Å²) in [6.45, 7) is 6.85. The Morgan fingerprint density at radius 2 is 1.91 bits per heavy atom. The number of ether oxygens (including phenoxy) is 1. The minimum Gasteiger partial charge on any atom is -0.462 e. The van der Waals surface area contributed by atoms with Gasteiger partial charge in [-0.15, -0.1) is 0 Å². The lowest BCUT2D eigenvalue weighted by atomic mass is 10.2. The summed E-state index contributed by atoms with van der Waals surface area (Å²) in [5, 5.41) is 13.6. The van der Waals surface area contributed by atoms with Crippen molar-refractivity contribution in [1.29, 1.82) is 0 Å². The molecule has 2 aromatic rings. The van der Waals surface area contributed by atoms with Crippen molar-refractivity contribution in [1.82, 2.24) is 9.88 Å². The number of nitrogens with zero attached hydrogens (tertiary/aromatic N) is 4. The smallest absolute Gasteiger partial charge is 0.339 e. The second kappa shape index (κ2) is 10.7. The average Bonchev–Trinajstić information content (AvgIpc) is 3.05. The molecule has 0 spiro atoms. The summed E-state index contributed by atoms with van der Waals surface area (Å²) >= 11 is 0. The summed E-state index contributed by atoms with van der Waals surface area (Å²) in [5.74, 6) is 0.230. The van der Waals surface area contributed by atoms with E-state index in [0.29, 0.717) is 30.9 Å². The third kappa shape index (κ3) is 5.79. The number of pyridine rings is 1. The summed E-state index contributed by atoms with van der Waals surface area (Å²) in [5.41, 5.74) is 0.922. The van der Waals surface area contributed by atoms with Crippen LogP contribution < -0.4 is 10.2 Å². The summed E-state index contributed by atoms with van der Waals surface area (Å²) in [6, 6.07) is 8.95. The number of amides is 1. The summed E-state index contributed by atoms with van der Waals surface area (Å²) < 4.78 is 4.99. The Bertz CT molecular complexity index is 948. The van der Waals surface area contributed by atoms with Gasteiger partial charge in [-0.2, -0.15) is 0 Å². The van der Waals surface area contributed by atoms with E-state index in [0.717, 1.165) is 25.3 Å². The Labute approximate surface area is 186 Å². The van der Waals surface area contributed by atoms with Crippen LogP contribution in [0.15, 0.2) is 42.6 Å². The quantitative estimate of drug-likeness (QED) is 0.396. The Hall–Kier alpha value is -3.53. The lowest BCUT2D eigenvalue weighted by Crippen LogP contribution is -2.44. The molecule has 1 fully saturated rings. The van der Waals surface area contributed by atoms with Crippen LogP contribution in [0.5, 0.6) is 0 Å². The molecule has 0 saturated carbocycles. The third-order valence-electron chi connectivity index (χ3n) is 5.39. The number of carbonyl (C=O) groups is 2. The summed E-state index contributed by atoms with van der Waals surface area (Å²) in [4.78, 5) is 43.4. The molecule has 0 bridgehead atoms. The molecule has 32 heavy (non-hydrogen) atoms. The van der Waals surface area contributed by atoms with Crippen molar-refractivity contribution in [3.8, 4) is 0 Å². The standard InChI is InChI=1S/C22H27N5O5/c1-3-32-22(29)17-5-10-20(23-15-17)26-12-4-11-25(13-14-26)16(2)21(28)24-18-6-8-19(9-7-18)27(30)31/h5-10,15-16H,3-4,11-14H2,1-2H3,(H,24,28). The van der Waals surface area contributed by atoms with Gasteiger partial charge in [-0.1, -0.05) is 0 Å². The highest BCUT2D eigenvalue weighted by Crippen LogP contribution is 2.18. The number of carbonyl (C=O) groups excluding carboxylic acids is 2. The fraction of sp³-hybridized carbons (Fsp3) is 0.409. The number of nitrogens with one attached hydrogen (secondary N) is 1. The van der Waals surface area contributed by atoms with Gasteiger partial charge in [0.15, 0.2) is 0 Å². The highest BCUT2D eigenvalue weighted by molar-refractivity contribution is 5.94. The van der Waals surface area contributed by atoms with Crippen molar-refractivity contribution in [2.45, 2.75) is 26.3 Å². The van der Waals surface area contributed by atoms with E-state index in [1.54, 1.807) is 13.0 Å². The van der Waals surface area contributed by atoms with Crippen molar-refractivity contribution in [2.75, 3.05) is 43.0 Å².